The number of aromatic nitrogens is 1. The Morgan fingerprint density at radius 2 is 2.21 bits per heavy atom. The molecule has 1 aliphatic rings. The van der Waals surface area contributed by atoms with Gasteiger partial charge in [0.1, 0.15) is 5.60 Å². The molecule has 0 aliphatic carbocycles. The molecule has 2 heterocycles. The normalized spacial score (nSPS) is 18.0. The highest BCUT2D eigenvalue weighted by atomic mass is 16.6. The first-order chi connectivity index (χ1) is 11.3. The summed E-state index contributed by atoms with van der Waals surface area (Å²) >= 11 is 0. The molecule has 7 nitrogen and oxygen atoms in total. The predicted molar refractivity (Wildman–Crippen MR) is 91.8 cm³/mol. The molecule has 2 rings (SSSR count). The number of piperidine rings is 1. The van der Waals surface area contributed by atoms with Gasteiger partial charge in [-0.1, -0.05) is 0 Å². The van der Waals surface area contributed by atoms with E-state index in [1.54, 1.807) is 29.4 Å². The van der Waals surface area contributed by atoms with E-state index in [1.807, 2.05) is 20.8 Å². The van der Waals surface area contributed by atoms with E-state index >= 15 is 0 Å². The highest BCUT2D eigenvalue weighted by Gasteiger charge is 2.25. The van der Waals surface area contributed by atoms with Crippen molar-refractivity contribution in [3.8, 4) is 0 Å². The molecule has 2 N–H and O–H groups in total. The maximum atomic E-state index is 12.3. The van der Waals surface area contributed by atoms with Crippen molar-refractivity contribution in [2.24, 2.45) is 5.92 Å². The fraction of sp³-hybridized carbons (Fsp3) is 0.588. The van der Waals surface area contributed by atoms with Crippen LogP contribution in [0.25, 0.3) is 0 Å². The van der Waals surface area contributed by atoms with Gasteiger partial charge in [0, 0.05) is 25.8 Å². The number of pyridine rings is 1. The van der Waals surface area contributed by atoms with Gasteiger partial charge in [-0.15, -0.1) is 0 Å². The Labute approximate surface area is 142 Å². The fourth-order valence-electron chi connectivity index (χ4n) is 2.60. The minimum atomic E-state index is -0.508. The first-order valence-electron chi connectivity index (χ1n) is 8.26. The van der Waals surface area contributed by atoms with Crippen LogP contribution in [0.2, 0.25) is 0 Å². The van der Waals surface area contributed by atoms with Crippen LogP contribution in [0.15, 0.2) is 24.5 Å². The van der Waals surface area contributed by atoms with Gasteiger partial charge in [-0.3, -0.25) is 4.98 Å². The van der Waals surface area contributed by atoms with Crippen LogP contribution >= 0.6 is 0 Å². The molecular formula is C17H26N4O3. The van der Waals surface area contributed by atoms with Gasteiger partial charge in [-0.2, -0.15) is 0 Å². The van der Waals surface area contributed by atoms with Crippen molar-refractivity contribution in [2.75, 3.05) is 25.0 Å². The molecule has 1 saturated heterocycles. The van der Waals surface area contributed by atoms with E-state index < -0.39 is 11.7 Å². The van der Waals surface area contributed by atoms with Crippen molar-refractivity contribution in [3.63, 3.8) is 0 Å². The Hall–Kier alpha value is -2.31. The minimum Gasteiger partial charge on any atom is -0.444 e. The molecule has 0 spiro atoms. The average Bonchev–Trinajstić information content (AvgIpc) is 2.52. The zero-order chi connectivity index (χ0) is 17.6. The number of hydrogen-bond donors (Lipinski definition) is 2. The second-order valence-corrected chi connectivity index (χ2v) is 7.01. The molecule has 24 heavy (non-hydrogen) atoms. The number of amides is 3. The summed E-state index contributed by atoms with van der Waals surface area (Å²) in [5, 5.41) is 5.63. The molecule has 1 atom stereocenters. The lowest BCUT2D eigenvalue weighted by Gasteiger charge is -2.33. The summed E-state index contributed by atoms with van der Waals surface area (Å²) in [6.07, 6.45) is 4.76. The summed E-state index contributed by atoms with van der Waals surface area (Å²) in [5.74, 6) is 0.228. The van der Waals surface area contributed by atoms with E-state index in [-0.39, 0.29) is 11.9 Å². The number of nitrogens with zero attached hydrogens (tertiary/aromatic N) is 2. The molecule has 1 fully saturated rings. The first-order valence-corrected chi connectivity index (χ1v) is 8.26. The largest absolute Gasteiger partial charge is 0.444 e. The van der Waals surface area contributed by atoms with Crippen molar-refractivity contribution in [1.82, 2.24) is 15.2 Å². The lowest BCUT2D eigenvalue weighted by molar-refractivity contribution is 0.0512. The van der Waals surface area contributed by atoms with Gasteiger partial charge in [0.2, 0.25) is 0 Å². The van der Waals surface area contributed by atoms with Crippen LogP contribution in [-0.4, -0.2) is 47.2 Å². The third kappa shape index (κ3) is 6.06. The van der Waals surface area contributed by atoms with Crippen molar-refractivity contribution in [2.45, 2.75) is 39.2 Å². The van der Waals surface area contributed by atoms with Crippen molar-refractivity contribution >= 4 is 17.8 Å². The molecule has 1 aliphatic heterocycles. The zero-order valence-electron chi connectivity index (χ0n) is 14.5. The molecule has 0 aromatic carbocycles. The third-order valence-corrected chi connectivity index (χ3v) is 3.65. The second-order valence-electron chi connectivity index (χ2n) is 7.01. The monoisotopic (exact) mass is 334 g/mol. The van der Waals surface area contributed by atoms with Gasteiger partial charge >= 0.3 is 12.1 Å². The second kappa shape index (κ2) is 7.99. The Bertz CT molecular complexity index is 557. The average molecular weight is 334 g/mol. The molecule has 3 amide bonds. The number of urea groups is 1. The number of carbonyl (C=O) groups excluding carboxylic acids is 2. The van der Waals surface area contributed by atoms with Gasteiger partial charge in [-0.05, 0) is 51.7 Å². The van der Waals surface area contributed by atoms with E-state index in [1.165, 1.54) is 0 Å². The number of carbonyl (C=O) groups is 2. The van der Waals surface area contributed by atoms with Crippen molar-refractivity contribution < 1.29 is 14.3 Å². The highest BCUT2D eigenvalue weighted by Crippen LogP contribution is 2.17. The van der Waals surface area contributed by atoms with Crippen LogP contribution in [0.1, 0.15) is 33.6 Å². The van der Waals surface area contributed by atoms with Gasteiger partial charge < -0.3 is 20.3 Å². The van der Waals surface area contributed by atoms with Crippen LogP contribution in [0.5, 0.6) is 0 Å². The van der Waals surface area contributed by atoms with Crippen LogP contribution in [0.3, 0.4) is 0 Å². The molecular weight excluding hydrogens is 308 g/mol. The van der Waals surface area contributed by atoms with Gasteiger partial charge in [-0.25, -0.2) is 9.59 Å². The zero-order valence-corrected chi connectivity index (χ0v) is 14.5. The van der Waals surface area contributed by atoms with Gasteiger partial charge in [0.25, 0.3) is 0 Å². The van der Waals surface area contributed by atoms with E-state index in [0.717, 1.165) is 19.4 Å². The number of anilines is 1. The lowest BCUT2D eigenvalue weighted by Crippen LogP contribution is -2.45. The van der Waals surface area contributed by atoms with Crippen molar-refractivity contribution in [1.29, 1.82) is 0 Å². The smallest absolute Gasteiger partial charge is 0.407 e. The van der Waals surface area contributed by atoms with E-state index in [4.69, 9.17) is 4.74 Å². The Morgan fingerprint density at radius 3 is 2.88 bits per heavy atom. The Morgan fingerprint density at radius 1 is 1.42 bits per heavy atom. The molecule has 1 aromatic heterocycles. The van der Waals surface area contributed by atoms with E-state index in [0.29, 0.717) is 18.8 Å². The standard InChI is InChI=1S/C17H26N4O3/c1-17(2,3)24-16(23)19-10-13-6-5-9-21(12-13)15(22)20-14-7-4-8-18-11-14/h4,7-8,11,13H,5-6,9-10,12H2,1-3H3,(H,19,23)(H,20,22). The highest BCUT2D eigenvalue weighted by molar-refractivity contribution is 5.89. The molecule has 1 unspecified atom stereocenters. The number of ether oxygens (including phenoxy) is 1. The van der Waals surface area contributed by atoms with Crippen LogP contribution < -0.4 is 10.6 Å². The molecule has 7 heteroatoms. The quantitative estimate of drug-likeness (QED) is 0.890. The summed E-state index contributed by atoms with van der Waals surface area (Å²) in [7, 11) is 0. The molecule has 0 radical (unpaired) electrons. The number of likely N-dealkylation sites (tertiary alicyclic amines) is 1. The molecule has 1 aromatic rings. The van der Waals surface area contributed by atoms with Crippen LogP contribution in [-0.2, 0) is 4.74 Å². The summed E-state index contributed by atoms with van der Waals surface area (Å²) < 4.78 is 5.23. The fourth-order valence-corrected chi connectivity index (χ4v) is 2.60. The number of rotatable bonds is 3. The maximum absolute atomic E-state index is 12.3. The lowest BCUT2D eigenvalue weighted by atomic mass is 9.98. The van der Waals surface area contributed by atoms with Crippen LogP contribution in [0, 0.1) is 5.92 Å². The topological polar surface area (TPSA) is 83.6 Å². The Balaban J connectivity index is 1.79. The van der Waals surface area contributed by atoms with Crippen molar-refractivity contribution in [3.05, 3.63) is 24.5 Å². The predicted octanol–water partition coefficient (Wildman–Crippen LogP) is 2.85. The van der Waals surface area contributed by atoms with Crippen LogP contribution in [0.4, 0.5) is 15.3 Å². The summed E-state index contributed by atoms with van der Waals surface area (Å²) in [6, 6.07) is 3.44. The number of nitrogens with one attached hydrogen (secondary N) is 2. The SMILES string of the molecule is CC(C)(C)OC(=O)NCC1CCCN(C(=O)Nc2cccnc2)C1. The van der Waals surface area contributed by atoms with Gasteiger partial charge in [0.15, 0.2) is 0 Å². The minimum absolute atomic E-state index is 0.134. The molecule has 0 saturated carbocycles. The first kappa shape index (κ1) is 18.0. The van der Waals surface area contributed by atoms with E-state index in [9.17, 15) is 9.59 Å². The summed E-state index contributed by atoms with van der Waals surface area (Å²) in [5.41, 5.74) is 0.170. The summed E-state index contributed by atoms with van der Waals surface area (Å²) in [4.78, 5) is 29.8. The number of alkyl carbamates (subject to hydrolysis) is 1. The Kier molecular flexibility index (Phi) is 6.00. The van der Waals surface area contributed by atoms with E-state index in [2.05, 4.69) is 15.6 Å². The number of hydrogen-bond acceptors (Lipinski definition) is 4. The van der Waals surface area contributed by atoms with Gasteiger partial charge in [0.05, 0.1) is 11.9 Å². The molecule has 132 valence electrons. The maximum Gasteiger partial charge on any atom is 0.407 e. The molecule has 0 bridgehead atoms. The summed E-state index contributed by atoms with van der Waals surface area (Å²) in [6.45, 7) is 7.33. The third-order valence-electron chi connectivity index (χ3n) is 3.65.